The van der Waals surface area contributed by atoms with Gasteiger partial charge in [0.2, 0.25) is 0 Å². The molecule has 0 aromatic heterocycles. The van der Waals surface area contributed by atoms with Gasteiger partial charge in [0.05, 0.1) is 0 Å². The molecular weight excluding hydrogens is 292 g/mol. The van der Waals surface area contributed by atoms with Crippen molar-refractivity contribution >= 4 is 11.6 Å². The highest BCUT2D eigenvalue weighted by molar-refractivity contribution is 6.31. The third-order valence-corrected chi connectivity index (χ3v) is 4.51. The fraction of sp³-hybridized carbons (Fsp3) is 0.294. The van der Waals surface area contributed by atoms with Crippen LogP contribution in [0.25, 0.3) is 0 Å². The van der Waals surface area contributed by atoms with Crippen LogP contribution in [0.1, 0.15) is 29.4 Å². The Kier molecular flexibility index (Phi) is 4.22. The van der Waals surface area contributed by atoms with Crippen LogP contribution in [0.15, 0.2) is 42.5 Å². The summed E-state index contributed by atoms with van der Waals surface area (Å²) in [6, 6.07) is 12.0. The molecule has 1 aliphatic heterocycles. The average molecular weight is 308 g/mol. The van der Waals surface area contributed by atoms with Crippen molar-refractivity contribution in [2.24, 2.45) is 0 Å². The van der Waals surface area contributed by atoms with Gasteiger partial charge in [-0.05, 0) is 42.1 Å². The van der Waals surface area contributed by atoms with Crippen LogP contribution < -0.4 is 5.32 Å². The number of benzene rings is 2. The summed E-state index contributed by atoms with van der Waals surface area (Å²) in [5, 5.41) is 3.99. The van der Waals surface area contributed by atoms with Crippen molar-refractivity contribution in [3.63, 3.8) is 0 Å². The molecule has 2 atom stereocenters. The van der Waals surface area contributed by atoms with Gasteiger partial charge in [-0.15, -0.1) is 0 Å². The van der Waals surface area contributed by atoms with E-state index in [0.717, 1.165) is 24.6 Å². The standard InChI is InChI=1S/C17H16ClF2N/c18-15-6-2-1-4-12(15)14-10-21-9-8-11(14)13-5-3-7-16(19)17(13)20/h1-7,11,14,21H,8-10H2. The first-order valence-corrected chi connectivity index (χ1v) is 7.45. The molecule has 2 aromatic carbocycles. The summed E-state index contributed by atoms with van der Waals surface area (Å²) in [4.78, 5) is 0. The SMILES string of the molecule is Fc1cccc(C2CCNCC2c2ccccc2Cl)c1F. The smallest absolute Gasteiger partial charge is 0.162 e. The maximum Gasteiger partial charge on any atom is 0.162 e. The highest BCUT2D eigenvalue weighted by atomic mass is 35.5. The van der Waals surface area contributed by atoms with E-state index in [1.54, 1.807) is 12.1 Å². The van der Waals surface area contributed by atoms with E-state index in [1.165, 1.54) is 0 Å². The molecule has 1 heterocycles. The molecule has 110 valence electrons. The quantitative estimate of drug-likeness (QED) is 0.862. The lowest BCUT2D eigenvalue weighted by Crippen LogP contribution is -2.34. The lowest BCUT2D eigenvalue weighted by Gasteiger charge is -2.33. The minimum atomic E-state index is -0.788. The summed E-state index contributed by atoms with van der Waals surface area (Å²) < 4.78 is 27.7. The van der Waals surface area contributed by atoms with E-state index in [4.69, 9.17) is 11.6 Å². The maximum absolute atomic E-state index is 14.1. The zero-order valence-electron chi connectivity index (χ0n) is 11.5. The fourth-order valence-corrected chi connectivity index (χ4v) is 3.42. The van der Waals surface area contributed by atoms with E-state index in [-0.39, 0.29) is 11.8 Å². The number of hydrogen-bond acceptors (Lipinski definition) is 1. The van der Waals surface area contributed by atoms with Crippen LogP contribution in [-0.2, 0) is 0 Å². The Labute approximate surface area is 127 Å². The van der Waals surface area contributed by atoms with Gasteiger partial charge in [-0.1, -0.05) is 41.9 Å². The Bertz CT molecular complexity index is 644. The average Bonchev–Trinajstić information content (AvgIpc) is 2.51. The van der Waals surface area contributed by atoms with Crippen LogP contribution in [0.3, 0.4) is 0 Å². The summed E-state index contributed by atoms with van der Waals surface area (Å²) >= 11 is 6.29. The van der Waals surface area contributed by atoms with E-state index in [2.05, 4.69) is 5.32 Å². The number of halogens is 3. The van der Waals surface area contributed by atoms with Gasteiger partial charge in [-0.2, -0.15) is 0 Å². The Balaban J connectivity index is 2.03. The Morgan fingerprint density at radius 3 is 2.52 bits per heavy atom. The summed E-state index contributed by atoms with van der Waals surface area (Å²) in [6.07, 6.45) is 0.760. The molecule has 1 nitrogen and oxygen atoms in total. The minimum absolute atomic E-state index is 0.0451. The van der Waals surface area contributed by atoms with Crippen LogP contribution in [-0.4, -0.2) is 13.1 Å². The summed E-state index contributed by atoms with van der Waals surface area (Å²) in [5.74, 6) is -1.55. The molecule has 21 heavy (non-hydrogen) atoms. The second kappa shape index (κ2) is 6.12. The molecule has 0 radical (unpaired) electrons. The molecule has 0 aliphatic carbocycles. The summed E-state index contributed by atoms with van der Waals surface area (Å²) in [5.41, 5.74) is 1.43. The number of rotatable bonds is 2. The molecule has 0 bridgehead atoms. The molecule has 0 amide bonds. The van der Waals surface area contributed by atoms with Crippen LogP contribution in [0, 0.1) is 11.6 Å². The van der Waals surface area contributed by atoms with Crippen molar-refractivity contribution in [1.29, 1.82) is 0 Å². The molecule has 0 saturated carbocycles. The molecule has 1 N–H and O–H groups in total. The Morgan fingerprint density at radius 2 is 1.71 bits per heavy atom. The fourth-order valence-electron chi connectivity index (χ4n) is 3.14. The van der Waals surface area contributed by atoms with Crippen LogP contribution in [0.5, 0.6) is 0 Å². The van der Waals surface area contributed by atoms with E-state index in [0.29, 0.717) is 17.1 Å². The highest BCUT2D eigenvalue weighted by Gasteiger charge is 2.31. The Hall–Kier alpha value is -1.45. The van der Waals surface area contributed by atoms with Gasteiger partial charge < -0.3 is 5.32 Å². The molecule has 1 fully saturated rings. The molecule has 3 rings (SSSR count). The van der Waals surface area contributed by atoms with E-state index < -0.39 is 11.6 Å². The monoisotopic (exact) mass is 307 g/mol. The van der Waals surface area contributed by atoms with Crippen molar-refractivity contribution < 1.29 is 8.78 Å². The zero-order valence-corrected chi connectivity index (χ0v) is 12.2. The molecule has 1 saturated heterocycles. The molecule has 0 spiro atoms. The van der Waals surface area contributed by atoms with Gasteiger partial charge in [-0.3, -0.25) is 0 Å². The molecule has 2 unspecified atom stereocenters. The Morgan fingerprint density at radius 1 is 0.952 bits per heavy atom. The van der Waals surface area contributed by atoms with E-state index in [1.807, 2.05) is 24.3 Å². The van der Waals surface area contributed by atoms with Gasteiger partial charge in [0.1, 0.15) is 0 Å². The molecule has 2 aromatic rings. The first kappa shape index (κ1) is 14.5. The summed E-state index contributed by atoms with van der Waals surface area (Å²) in [7, 11) is 0. The predicted molar refractivity (Wildman–Crippen MR) is 80.8 cm³/mol. The second-order valence-corrected chi connectivity index (χ2v) is 5.78. The van der Waals surface area contributed by atoms with Crippen molar-refractivity contribution in [3.8, 4) is 0 Å². The first-order valence-electron chi connectivity index (χ1n) is 7.07. The topological polar surface area (TPSA) is 12.0 Å². The largest absolute Gasteiger partial charge is 0.316 e. The first-order chi connectivity index (χ1) is 10.2. The highest BCUT2D eigenvalue weighted by Crippen LogP contribution is 2.40. The van der Waals surface area contributed by atoms with Gasteiger partial charge >= 0.3 is 0 Å². The molecule has 4 heteroatoms. The lowest BCUT2D eigenvalue weighted by molar-refractivity contribution is 0.386. The van der Waals surface area contributed by atoms with Crippen molar-refractivity contribution in [1.82, 2.24) is 5.32 Å². The third kappa shape index (κ3) is 2.81. The van der Waals surface area contributed by atoms with Crippen molar-refractivity contribution in [2.45, 2.75) is 18.3 Å². The van der Waals surface area contributed by atoms with Crippen LogP contribution in [0.2, 0.25) is 5.02 Å². The van der Waals surface area contributed by atoms with Gasteiger partial charge in [0.15, 0.2) is 11.6 Å². The maximum atomic E-state index is 14.1. The van der Waals surface area contributed by atoms with E-state index in [9.17, 15) is 8.78 Å². The number of hydrogen-bond donors (Lipinski definition) is 1. The third-order valence-electron chi connectivity index (χ3n) is 4.17. The van der Waals surface area contributed by atoms with E-state index >= 15 is 0 Å². The molecule has 1 aliphatic rings. The predicted octanol–water partition coefficient (Wildman–Crippen LogP) is 4.48. The summed E-state index contributed by atoms with van der Waals surface area (Å²) in [6.45, 7) is 1.51. The van der Waals surface area contributed by atoms with Gasteiger partial charge in [0.25, 0.3) is 0 Å². The normalized spacial score (nSPS) is 22.2. The van der Waals surface area contributed by atoms with Crippen molar-refractivity contribution in [2.75, 3.05) is 13.1 Å². The number of nitrogens with one attached hydrogen (secondary N) is 1. The van der Waals surface area contributed by atoms with Crippen molar-refractivity contribution in [3.05, 3.63) is 70.2 Å². The zero-order chi connectivity index (χ0) is 14.8. The van der Waals surface area contributed by atoms with Gasteiger partial charge in [-0.25, -0.2) is 8.78 Å². The van der Waals surface area contributed by atoms with Crippen LogP contribution >= 0.6 is 11.6 Å². The minimum Gasteiger partial charge on any atom is -0.316 e. The van der Waals surface area contributed by atoms with Gasteiger partial charge in [0, 0.05) is 17.5 Å². The molecular formula is C17H16ClF2N. The lowest BCUT2D eigenvalue weighted by atomic mass is 9.77. The van der Waals surface area contributed by atoms with Crippen LogP contribution in [0.4, 0.5) is 8.78 Å². The second-order valence-electron chi connectivity index (χ2n) is 5.37. The number of piperidine rings is 1.